The first-order chi connectivity index (χ1) is 7.85. The van der Waals surface area contributed by atoms with Gasteiger partial charge in [-0.15, -0.1) is 0 Å². The second-order valence-corrected chi connectivity index (χ2v) is 3.60. The van der Waals surface area contributed by atoms with Gasteiger partial charge in [-0.2, -0.15) is 5.10 Å². The molecule has 0 spiro atoms. The second-order valence-electron chi connectivity index (χ2n) is 3.60. The van der Waals surface area contributed by atoms with Crippen LogP contribution in [0, 0.1) is 0 Å². The van der Waals surface area contributed by atoms with Crippen LogP contribution in [-0.4, -0.2) is 21.1 Å². The summed E-state index contributed by atoms with van der Waals surface area (Å²) in [5.74, 6) is 0. The van der Waals surface area contributed by atoms with Gasteiger partial charge in [0.15, 0.2) is 6.29 Å². The zero-order valence-electron chi connectivity index (χ0n) is 9.13. The summed E-state index contributed by atoms with van der Waals surface area (Å²) in [5, 5.41) is 4.23. The quantitative estimate of drug-likeness (QED) is 0.733. The molecule has 0 fully saturated rings. The maximum atomic E-state index is 10.9. The maximum absolute atomic E-state index is 10.9. The zero-order valence-corrected chi connectivity index (χ0v) is 9.13. The monoisotopic (exact) mass is 215 g/mol. The molecular weight excluding hydrogens is 202 g/mol. The fourth-order valence-corrected chi connectivity index (χ4v) is 1.60. The van der Waals surface area contributed by atoms with E-state index in [1.54, 1.807) is 23.1 Å². The molecule has 4 heteroatoms. The molecule has 0 bridgehead atoms. The Morgan fingerprint density at radius 2 is 2.31 bits per heavy atom. The van der Waals surface area contributed by atoms with E-state index < -0.39 is 0 Å². The van der Waals surface area contributed by atoms with Crippen molar-refractivity contribution in [3.63, 3.8) is 0 Å². The number of rotatable bonds is 4. The van der Waals surface area contributed by atoms with Gasteiger partial charge in [-0.25, -0.2) is 4.68 Å². The standard InChI is InChI=1S/C12H13N3O/c1-2-3-10-6-14-15(8-10)12-7-13-5-4-11(12)9-16/h4-9H,2-3H2,1H3. The Kier molecular flexibility index (Phi) is 3.10. The first kappa shape index (κ1) is 10.5. The van der Waals surface area contributed by atoms with Gasteiger partial charge < -0.3 is 0 Å². The molecule has 0 N–H and O–H groups in total. The number of aldehydes is 1. The highest BCUT2D eigenvalue weighted by Crippen LogP contribution is 2.11. The molecule has 0 atom stereocenters. The van der Waals surface area contributed by atoms with Crippen LogP contribution in [0.4, 0.5) is 0 Å². The van der Waals surface area contributed by atoms with Crippen molar-refractivity contribution in [1.82, 2.24) is 14.8 Å². The molecule has 2 aromatic heterocycles. The van der Waals surface area contributed by atoms with Gasteiger partial charge in [0, 0.05) is 18.0 Å². The summed E-state index contributed by atoms with van der Waals surface area (Å²) in [5.41, 5.74) is 2.49. The molecule has 2 rings (SSSR count). The zero-order chi connectivity index (χ0) is 11.4. The van der Waals surface area contributed by atoms with Crippen LogP contribution in [0.3, 0.4) is 0 Å². The topological polar surface area (TPSA) is 47.8 Å². The van der Waals surface area contributed by atoms with Crippen molar-refractivity contribution in [2.24, 2.45) is 0 Å². The molecule has 2 heterocycles. The van der Waals surface area contributed by atoms with Crippen molar-refractivity contribution in [3.8, 4) is 5.69 Å². The molecule has 2 aromatic rings. The Bertz CT molecular complexity index is 491. The molecule has 0 saturated heterocycles. The molecule has 0 aliphatic heterocycles. The average molecular weight is 215 g/mol. The lowest BCUT2D eigenvalue weighted by molar-refractivity contribution is 0.112. The lowest BCUT2D eigenvalue weighted by Gasteiger charge is -2.02. The van der Waals surface area contributed by atoms with Gasteiger partial charge in [0.2, 0.25) is 0 Å². The van der Waals surface area contributed by atoms with Crippen LogP contribution in [0.1, 0.15) is 29.3 Å². The minimum atomic E-state index is 0.598. The minimum Gasteiger partial charge on any atom is -0.298 e. The molecule has 0 aromatic carbocycles. The lowest BCUT2D eigenvalue weighted by Crippen LogP contribution is -1.99. The molecular formula is C12H13N3O. The highest BCUT2D eigenvalue weighted by atomic mass is 16.1. The number of hydrogen-bond acceptors (Lipinski definition) is 3. The van der Waals surface area contributed by atoms with Crippen molar-refractivity contribution < 1.29 is 4.79 Å². The largest absolute Gasteiger partial charge is 0.298 e. The third-order valence-electron chi connectivity index (χ3n) is 2.38. The number of nitrogens with zero attached hydrogens (tertiary/aromatic N) is 3. The number of aryl methyl sites for hydroxylation is 1. The van der Waals surface area contributed by atoms with E-state index >= 15 is 0 Å². The Hall–Kier alpha value is -1.97. The van der Waals surface area contributed by atoms with Crippen molar-refractivity contribution in [2.45, 2.75) is 19.8 Å². The molecule has 0 unspecified atom stereocenters. The molecule has 0 amide bonds. The highest BCUT2D eigenvalue weighted by molar-refractivity contribution is 5.80. The summed E-state index contributed by atoms with van der Waals surface area (Å²) >= 11 is 0. The molecule has 0 radical (unpaired) electrons. The van der Waals surface area contributed by atoms with Gasteiger partial charge in [0.25, 0.3) is 0 Å². The third-order valence-corrected chi connectivity index (χ3v) is 2.38. The van der Waals surface area contributed by atoms with Crippen LogP contribution in [0.15, 0.2) is 30.9 Å². The summed E-state index contributed by atoms with van der Waals surface area (Å²) in [6.07, 6.45) is 9.91. The number of aromatic nitrogens is 3. The Morgan fingerprint density at radius 3 is 3.06 bits per heavy atom. The van der Waals surface area contributed by atoms with Crippen molar-refractivity contribution >= 4 is 6.29 Å². The predicted molar refractivity (Wildman–Crippen MR) is 60.7 cm³/mol. The molecule has 4 nitrogen and oxygen atoms in total. The van der Waals surface area contributed by atoms with E-state index in [1.165, 1.54) is 5.56 Å². The molecule has 82 valence electrons. The van der Waals surface area contributed by atoms with Gasteiger partial charge in [0.05, 0.1) is 18.1 Å². The van der Waals surface area contributed by atoms with Crippen LogP contribution in [-0.2, 0) is 6.42 Å². The van der Waals surface area contributed by atoms with Crippen LogP contribution in [0.5, 0.6) is 0 Å². The normalized spacial score (nSPS) is 10.3. The Labute approximate surface area is 93.9 Å². The van der Waals surface area contributed by atoms with Gasteiger partial charge in [-0.05, 0) is 18.1 Å². The first-order valence-electron chi connectivity index (χ1n) is 5.28. The third kappa shape index (κ3) is 2.00. The van der Waals surface area contributed by atoms with E-state index in [1.807, 2.05) is 12.4 Å². The van der Waals surface area contributed by atoms with Crippen molar-refractivity contribution in [1.29, 1.82) is 0 Å². The van der Waals surface area contributed by atoms with E-state index in [0.717, 1.165) is 24.8 Å². The second kappa shape index (κ2) is 4.70. The van der Waals surface area contributed by atoms with Crippen molar-refractivity contribution in [2.75, 3.05) is 0 Å². The summed E-state index contributed by atoms with van der Waals surface area (Å²) in [7, 11) is 0. The fourth-order valence-electron chi connectivity index (χ4n) is 1.60. The van der Waals surface area contributed by atoms with Crippen LogP contribution in [0.25, 0.3) is 5.69 Å². The molecule has 0 saturated carbocycles. The van der Waals surface area contributed by atoms with Crippen LogP contribution in [0.2, 0.25) is 0 Å². The minimum absolute atomic E-state index is 0.598. The summed E-state index contributed by atoms with van der Waals surface area (Å²) in [6.45, 7) is 2.12. The van der Waals surface area contributed by atoms with Gasteiger partial charge in [-0.1, -0.05) is 13.3 Å². The highest BCUT2D eigenvalue weighted by Gasteiger charge is 2.05. The smallest absolute Gasteiger partial charge is 0.152 e. The number of hydrogen-bond donors (Lipinski definition) is 0. The van der Waals surface area contributed by atoms with E-state index in [0.29, 0.717) is 5.56 Å². The number of carbonyl (C=O) groups excluding carboxylic acids is 1. The van der Waals surface area contributed by atoms with E-state index in [-0.39, 0.29) is 0 Å². The van der Waals surface area contributed by atoms with E-state index in [9.17, 15) is 4.79 Å². The molecule has 0 aliphatic carbocycles. The van der Waals surface area contributed by atoms with Gasteiger partial charge in [0.1, 0.15) is 0 Å². The number of pyridine rings is 1. The van der Waals surface area contributed by atoms with Crippen molar-refractivity contribution in [3.05, 3.63) is 42.0 Å². The summed E-state index contributed by atoms with van der Waals surface area (Å²) in [6, 6.07) is 1.68. The van der Waals surface area contributed by atoms with Crippen LogP contribution < -0.4 is 0 Å². The lowest BCUT2D eigenvalue weighted by atomic mass is 10.2. The first-order valence-corrected chi connectivity index (χ1v) is 5.28. The van der Waals surface area contributed by atoms with E-state index in [2.05, 4.69) is 17.0 Å². The number of carbonyl (C=O) groups is 1. The SMILES string of the molecule is CCCc1cnn(-c2cnccc2C=O)c1. The predicted octanol–water partition coefficient (Wildman–Crippen LogP) is 2.03. The summed E-state index contributed by atoms with van der Waals surface area (Å²) in [4.78, 5) is 14.9. The van der Waals surface area contributed by atoms with E-state index in [4.69, 9.17) is 0 Å². The fraction of sp³-hybridized carbons (Fsp3) is 0.250. The van der Waals surface area contributed by atoms with Crippen LogP contribution >= 0.6 is 0 Å². The molecule has 0 aliphatic rings. The van der Waals surface area contributed by atoms with Gasteiger partial charge >= 0.3 is 0 Å². The summed E-state index contributed by atoms with van der Waals surface area (Å²) < 4.78 is 1.70. The maximum Gasteiger partial charge on any atom is 0.152 e. The molecule has 16 heavy (non-hydrogen) atoms. The Balaban J connectivity index is 2.38. The van der Waals surface area contributed by atoms with Gasteiger partial charge in [-0.3, -0.25) is 9.78 Å². The Morgan fingerprint density at radius 1 is 1.44 bits per heavy atom. The average Bonchev–Trinajstić information content (AvgIpc) is 2.78.